The third-order valence-corrected chi connectivity index (χ3v) is 7.62. The predicted molar refractivity (Wildman–Crippen MR) is 140 cm³/mol. The molecule has 0 aromatic carbocycles. The Balaban J connectivity index is 0.000000580. The first kappa shape index (κ1) is 31.8. The van der Waals surface area contributed by atoms with Crippen molar-refractivity contribution < 1.29 is 43.2 Å². The maximum atomic E-state index is 13.6. The van der Waals surface area contributed by atoms with E-state index in [9.17, 15) is 18.9 Å². The molecule has 1 fully saturated rings. The SMILES string of the molecule is CC(C)OC(=O)[C@H](C(C)C)N1CCCO[P@]1(=O)COCCn1cnc2c(N)ncnc21.O=C(O)/C=C/C(=O)O. The molecule has 0 saturated carbocycles. The van der Waals surface area contributed by atoms with Crippen LogP contribution in [0.2, 0.25) is 0 Å². The summed E-state index contributed by atoms with van der Waals surface area (Å²) in [6.07, 6.45) is 4.42. The molecule has 0 unspecified atom stereocenters. The zero-order valence-corrected chi connectivity index (χ0v) is 23.2. The van der Waals surface area contributed by atoms with E-state index in [0.29, 0.717) is 55.3 Å². The summed E-state index contributed by atoms with van der Waals surface area (Å²) in [5.41, 5.74) is 6.94. The number of rotatable bonds is 11. The smallest absolute Gasteiger partial charge is 0.328 e. The van der Waals surface area contributed by atoms with Gasteiger partial charge in [0.15, 0.2) is 11.5 Å². The Kier molecular flexibility index (Phi) is 12.0. The monoisotopic (exact) mass is 570 g/mol. The average molecular weight is 571 g/mol. The number of anilines is 1. The summed E-state index contributed by atoms with van der Waals surface area (Å²) in [5.74, 6) is -2.69. The minimum absolute atomic E-state index is 0.0938. The number of aliphatic carboxylic acids is 2. The fourth-order valence-electron chi connectivity index (χ4n) is 3.69. The number of fused-ring (bicyclic) bond motifs is 1. The lowest BCUT2D eigenvalue weighted by atomic mass is 10.0. The molecule has 3 heterocycles. The zero-order valence-electron chi connectivity index (χ0n) is 22.3. The van der Waals surface area contributed by atoms with Gasteiger partial charge in [0.2, 0.25) is 0 Å². The van der Waals surface area contributed by atoms with E-state index in [4.69, 9.17) is 29.9 Å². The van der Waals surface area contributed by atoms with Gasteiger partial charge in [0, 0.05) is 25.2 Å². The topological polar surface area (TPSA) is 209 Å². The molecule has 0 spiro atoms. The van der Waals surface area contributed by atoms with Crippen molar-refractivity contribution in [1.82, 2.24) is 24.2 Å². The summed E-state index contributed by atoms with van der Waals surface area (Å²) in [4.78, 5) is 44.1. The molecular formula is C23H35N6O9P. The highest BCUT2D eigenvalue weighted by atomic mass is 31.2. The molecule has 39 heavy (non-hydrogen) atoms. The Morgan fingerprint density at radius 1 is 1.15 bits per heavy atom. The van der Waals surface area contributed by atoms with Crippen LogP contribution in [0, 0.1) is 5.92 Å². The summed E-state index contributed by atoms with van der Waals surface area (Å²) < 4.78 is 33.9. The van der Waals surface area contributed by atoms with Crippen molar-refractivity contribution in [2.75, 3.05) is 31.8 Å². The number of aromatic nitrogens is 4. The van der Waals surface area contributed by atoms with Crippen LogP contribution in [0.3, 0.4) is 0 Å². The van der Waals surface area contributed by atoms with Gasteiger partial charge in [-0.3, -0.25) is 9.36 Å². The normalized spacial score (nSPS) is 18.7. The molecule has 1 saturated heterocycles. The number of ether oxygens (including phenoxy) is 2. The van der Waals surface area contributed by atoms with Gasteiger partial charge in [0.1, 0.15) is 24.2 Å². The minimum atomic E-state index is -3.35. The number of carbonyl (C=O) groups is 3. The van der Waals surface area contributed by atoms with Crippen LogP contribution in [0.15, 0.2) is 24.8 Å². The lowest BCUT2D eigenvalue weighted by Crippen LogP contribution is -2.47. The van der Waals surface area contributed by atoms with Crippen LogP contribution in [0.1, 0.15) is 34.1 Å². The number of carboxylic acid groups (broad SMARTS) is 2. The molecule has 3 rings (SSSR count). The maximum Gasteiger partial charge on any atom is 0.328 e. The van der Waals surface area contributed by atoms with Crippen molar-refractivity contribution >= 4 is 42.4 Å². The third-order valence-electron chi connectivity index (χ3n) is 5.29. The number of nitrogens with zero attached hydrogens (tertiary/aromatic N) is 5. The number of carboxylic acids is 2. The van der Waals surface area contributed by atoms with Crippen molar-refractivity contribution in [2.45, 2.75) is 52.8 Å². The van der Waals surface area contributed by atoms with Gasteiger partial charge in [-0.2, -0.15) is 0 Å². The summed E-state index contributed by atoms with van der Waals surface area (Å²) in [7, 11) is -3.35. The summed E-state index contributed by atoms with van der Waals surface area (Å²) in [6.45, 7) is 8.96. The van der Waals surface area contributed by atoms with Crippen LogP contribution in [-0.2, 0) is 39.5 Å². The summed E-state index contributed by atoms with van der Waals surface area (Å²) >= 11 is 0. The number of imidazole rings is 1. The van der Waals surface area contributed by atoms with Crippen LogP contribution < -0.4 is 5.73 Å². The van der Waals surface area contributed by atoms with Gasteiger partial charge in [-0.25, -0.2) is 29.2 Å². The van der Waals surface area contributed by atoms with Crippen molar-refractivity contribution in [3.8, 4) is 0 Å². The largest absolute Gasteiger partial charge is 0.478 e. The van der Waals surface area contributed by atoms with E-state index < -0.39 is 31.5 Å². The molecule has 2 aromatic heterocycles. The van der Waals surface area contributed by atoms with E-state index in [2.05, 4.69) is 15.0 Å². The molecule has 0 bridgehead atoms. The van der Waals surface area contributed by atoms with E-state index in [-0.39, 0.29) is 25.0 Å². The number of hydrogen-bond acceptors (Lipinski definition) is 11. The van der Waals surface area contributed by atoms with Crippen molar-refractivity contribution in [1.29, 1.82) is 0 Å². The van der Waals surface area contributed by atoms with Gasteiger partial charge in [0.05, 0.1) is 25.6 Å². The number of esters is 1. The van der Waals surface area contributed by atoms with Crippen molar-refractivity contribution in [3.63, 3.8) is 0 Å². The number of nitrogen functional groups attached to an aromatic ring is 1. The van der Waals surface area contributed by atoms with Gasteiger partial charge >= 0.3 is 17.9 Å². The van der Waals surface area contributed by atoms with Crippen LogP contribution >= 0.6 is 7.52 Å². The van der Waals surface area contributed by atoms with E-state index >= 15 is 0 Å². The Morgan fingerprint density at radius 2 is 1.82 bits per heavy atom. The molecule has 0 aliphatic carbocycles. The molecule has 16 heteroatoms. The Morgan fingerprint density at radius 3 is 2.41 bits per heavy atom. The Bertz CT molecular complexity index is 1200. The number of hydrogen-bond donors (Lipinski definition) is 3. The summed E-state index contributed by atoms with van der Waals surface area (Å²) in [5, 5.41) is 15.6. The summed E-state index contributed by atoms with van der Waals surface area (Å²) in [6, 6.07) is -0.658. The van der Waals surface area contributed by atoms with Crippen LogP contribution in [0.4, 0.5) is 5.82 Å². The maximum absolute atomic E-state index is 13.6. The van der Waals surface area contributed by atoms with Gasteiger partial charge in [-0.15, -0.1) is 0 Å². The van der Waals surface area contributed by atoms with Gasteiger partial charge < -0.3 is 34.5 Å². The fourth-order valence-corrected chi connectivity index (χ4v) is 6.02. The van der Waals surface area contributed by atoms with Gasteiger partial charge in [-0.05, 0) is 26.2 Å². The Hall–Kier alpha value is -3.39. The van der Waals surface area contributed by atoms with Crippen LogP contribution in [0.5, 0.6) is 0 Å². The standard InChI is InChI=1S/C19H31N6O5P.C4H4O4/c1-13(2)16(19(26)30-14(3)4)25-6-5-8-29-31(25,27)12-28-9-7-24-11-23-15-17(20)21-10-22-18(15)24;5-3(6)1-2-4(7)8/h10-11,13-14,16H,5-9,12H2,1-4H3,(H2,20,21,22);1-2H,(H,5,6)(H,7,8)/b;2-1+/t16-,31+;/m0./s1. The van der Waals surface area contributed by atoms with Crippen molar-refractivity contribution in [2.24, 2.45) is 5.92 Å². The van der Waals surface area contributed by atoms with E-state index in [1.807, 2.05) is 13.8 Å². The highest BCUT2D eigenvalue weighted by molar-refractivity contribution is 7.56. The highest BCUT2D eigenvalue weighted by Crippen LogP contribution is 2.55. The molecule has 0 radical (unpaired) electrons. The van der Waals surface area contributed by atoms with E-state index in [1.165, 1.54) is 6.33 Å². The number of nitrogens with two attached hydrogens (primary N) is 1. The lowest BCUT2D eigenvalue weighted by molar-refractivity contribution is -0.154. The molecule has 216 valence electrons. The third kappa shape index (κ3) is 9.39. The average Bonchev–Trinajstić information content (AvgIpc) is 3.26. The lowest BCUT2D eigenvalue weighted by Gasteiger charge is -2.40. The second-order valence-corrected chi connectivity index (χ2v) is 11.4. The zero-order chi connectivity index (χ0) is 29.2. The molecule has 4 N–H and O–H groups in total. The second-order valence-electron chi connectivity index (χ2n) is 9.08. The minimum Gasteiger partial charge on any atom is -0.478 e. The molecule has 1 aliphatic heterocycles. The molecule has 2 aromatic rings. The van der Waals surface area contributed by atoms with Crippen LogP contribution in [-0.4, -0.2) is 90.6 Å². The van der Waals surface area contributed by atoms with E-state index in [0.717, 1.165) is 0 Å². The first-order valence-corrected chi connectivity index (χ1v) is 14.0. The predicted octanol–water partition coefficient (Wildman–Crippen LogP) is 1.99. The van der Waals surface area contributed by atoms with Crippen LogP contribution in [0.25, 0.3) is 11.2 Å². The molecule has 2 atom stereocenters. The fraction of sp³-hybridized carbons (Fsp3) is 0.565. The molecule has 0 amide bonds. The highest BCUT2D eigenvalue weighted by Gasteiger charge is 2.44. The molecule has 15 nitrogen and oxygen atoms in total. The second kappa shape index (κ2) is 14.7. The molecular weight excluding hydrogens is 535 g/mol. The van der Waals surface area contributed by atoms with Gasteiger partial charge in [0.25, 0.3) is 7.52 Å². The Labute approximate surface area is 225 Å². The van der Waals surface area contributed by atoms with Gasteiger partial charge in [-0.1, -0.05) is 13.8 Å². The van der Waals surface area contributed by atoms with E-state index in [1.54, 1.807) is 29.4 Å². The first-order valence-electron chi connectivity index (χ1n) is 12.2. The van der Waals surface area contributed by atoms with Crippen molar-refractivity contribution in [3.05, 3.63) is 24.8 Å². The quantitative estimate of drug-likeness (QED) is 0.153. The number of carbonyl (C=O) groups excluding carboxylic acids is 1. The first-order chi connectivity index (χ1) is 18.4. The molecule has 1 aliphatic rings.